The molecule has 3 N–H and O–H groups in total. The van der Waals surface area contributed by atoms with Crippen molar-refractivity contribution in [3.05, 3.63) is 22.4 Å². The SMILES string of the molecule is CCNC(=O)CN(CC)S(=O)(=O)c1cc(N)cc(Br)c1F. The monoisotopic (exact) mass is 381 g/mol. The molecule has 0 radical (unpaired) electrons. The summed E-state index contributed by atoms with van der Waals surface area (Å²) < 4.78 is 39.8. The van der Waals surface area contributed by atoms with Gasteiger partial charge >= 0.3 is 0 Å². The van der Waals surface area contributed by atoms with Gasteiger partial charge in [0.15, 0.2) is 5.82 Å². The Bertz CT molecular complexity index is 637. The molecule has 0 fully saturated rings. The first kappa shape index (κ1) is 17.9. The van der Waals surface area contributed by atoms with Crippen molar-refractivity contribution >= 4 is 37.5 Å². The fourth-order valence-electron chi connectivity index (χ4n) is 1.69. The molecule has 6 nitrogen and oxygen atoms in total. The first-order valence-corrected chi connectivity index (χ1v) is 8.48. The second-order valence-corrected chi connectivity index (χ2v) is 6.96. The second-order valence-electron chi connectivity index (χ2n) is 4.20. The number of anilines is 1. The first-order valence-electron chi connectivity index (χ1n) is 6.25. The number of nitrogen functional groups attached to an aromatic ring is 1. The molecule has 0 aliphatic heterocycles. The molecule has 21 heavy (non-hydrogen) atoms. The maximum absolute atomic E-state index is 14.1. The number of nitrogens with two attached hydrogens (primary N) is 1. The van der Waals surface area contributed by atoms with Gasteiger partial charge in [0, 0.05) is 18.8 Å². The van der Waals surface area contributed by atoms with Crippen molar-refractivity contribution in [2.24, 2.45) is 0 Å². The Labute approximate surface area is 131 Å². The molecule has 118 valence electrons. The van der Waals surface area contributed by atoms with Crippen LogP contribution in [0.15, 0.2) is 21.5 Å². The summed E-state index contributed by atoms with van der Waals surface area (Å²) in [6.45, 7) is 3.33. The lowest BCUT2D eigenvalue weighted by Gasteiger charge is -2.20. The Morgan fingerprint density at radius 3 is 2.57 bits per heavy atom. The van der Waals surface area contributed by atoms with E-state index >= 15 is 0 Å². The highest BCUT2D eigenvalue weighted by Gasteiger charge is 2.29. The molecule has 0 saturated carbocycles. The predicted molar refractivity (Wildman–Crippen MR) is 81.6 cm³/mol. The summed E-state index contributed by atoms with van der Waals surface area (Å²) in [6.07, 6.45) is 0. The molecule has 0 aromatic heterocycles. The van der Waals surface area contributed by atoms with E-state index in [1.165, 1.54) is 6.07 Å². The van der Waals surface area contributed by atoms with Gasteiger partial charge in [-0.05, 0) is 35.0 Å². The molecule has 0 aliphatic carbocycles. The maximum Gasteiger partial charge on any atom is 0.246 e. The highest BCUT2D eigenvalue weighted by atomic mass is 79.9. The number of halogens is 2. The average Bonchev–Trinajstić information content (AvgIpc) is 2.40. The number of carbonyl (C=O) groups excluding carboxylic acids is 1. The van der Waals surface area contributed by atoms with Crippen LogP contribution in [0.1, 0.15) is 13.8 Å². The summed E-state index contributed by atoms with van der Waals surface area (Å²) >= 11 is 2.92. The van der Waals surface area contributed by atoms with Gasteiger partial charge < -0.3 is 11.1 Å². The van der Waals surface area contributed by atoms with Crippen molar-refractivity contribution in [3.8, 4) is 0 Å². The molecule has 0 bridgehead atoms. The van der Waals surface area contributed by atoms with E-state index in [0.717, 1.165) is 10.4 Å². The van der Waals surface area contributed by atoms with Gasteiger partial charge in [-0.25, -0.2) is 12.8 Å². The summed E-state index contributed by atoms with van der Waals surface area (Å²) in [6, 6.07) is 2.31. The second kappa shape index (κ2) is 7.19. The molecule has 0 unspecified atom stereocenters. The Morgan fingerprint density at radius 1 is 1.43 bits per heavy atom. The summed E-state index contributed by atoms with van der Waals surface area (Å²) in [5, 5.41) is 2.50. The van der Waals surface area contributed by atoms with Crippen molar-refractivity contribution in [2.75, 3.05) is 25.4 Å². The van der Waals surface area contributed by atoms with E-state index in [2.05, 4.69) is 21.2 Å². The van der Waals surface area contributed by atoms with Gasteiger partial charge in [0.2, 0.25) is 15.9 Å². The summed E-state index contributed by atoms with van der Waals surface area (Å²) in [5.74, 6) is -1.38. The van der Waals surface area contributed by atoms with Gasteiger partial charge in [-0.2, -0.15) is 4.31 Å². The molecule has 1 aromatic carbocycles. The zero-order valence-electron chi connectivity index (χ0n) is 11.7. The molecular weight excluding hydrogens is 365 g/mol. The topological polar surface area (TPSA) is 92.5 Å². The molecule has 1 aromatic rings. The minimum atomic E-state index is -4.15. The van der Waals surface area contributed by atoms with E-state index in [1.807, 2.05) is 0 Å². The van der Waals surface area contributed by atoms with Crippen LogP contribution in [0.25, 0.3) is 0 Å². The largest absolute Gasteiger partial charge is 0.399 e. The lowest BCUT2D eigenvalue weighted by Crippen LogP contribution is -2.40. The smallest absolute Gasteiger partial charge is 0.246 e. The quantitative estimate of drug-likeness (QED) is 0.726. The molecule has 0 saturated heterocycles. The zero-order valence-corrected chi connectivity index (χ0v) is 14.1. The third-order valence-electron chi connectivity index (χ3n) is 2.68. The van der Waals surface area contributed by atoms with Crippen LogP contribution in [0.5, 0.6) is 0 Å². The van der Waals surface area contributed by atoms with Crippen LogP contribution in [0.4, 0.5) is 10.1 Å². The highest BCUT2D eigenvalue weighted by Crippen LogP contribution is 2.28. The van der Waals surface area contributed by atoms with Gasteiger partial charge in [0.25, 0.3) is 0 Å². The molecule has 0 atom stereocenters. The van der Waals surface area contributed by atoms with Gasteiger partial charge in [-0.1, -0.05) is 6.92 Å². The summed E-state index contributed by atoms with van der Waals surface area (Å²) in [7, 11) is -4.15. The fraction of sp³-hybridized carbons (Fsp3) is 0.417. The predicted octanol–water partition coefficient (Wildman–Crippen LogP) is 1.32. The number of likely N-dealkylation sites (N-methyl/N-ethyl adjacent to an activating group) is 2. The number of benzene rings is 1. The van der Waals surface area contributed by atoms with Crippen molar-refractivity contribution in [2.45, 2.75) is 18.7 Å². The number of nitrogens with zero attached hydrogens (tertiary/aromatic N) is 1. The van der Waals surface area contributed by atoms with Crippen LogP contribution in [-0.4, -0.2) is 38.3 Å². The van der Waals surface area contributed by atoms with E-state index < -0.39 is 26.6 Å². The van der Waals surface area contributed by atoms with Gasteiger partial charge in [0.1, 0.15) is 4.90 Å². The Kier molecular flexibility index (Phi) is 6.11. The number of hydrogen-bond donors (Lipinski definition) is 2. The Morgan fingerprint density at radius 2 is 2.05 bits per heavy atom. The molecule has 0 heterocycles. The minimum absolute atomic E-state index is 0.0331. The summed E-state index contributed by atoms with van der Waals surface area (Å²) in [4.78, 5) is 11.0. The van der Waals surface area contributed by atoms with E-state index in [0.29, 0.717) is 6.54 Å². The van der Waals surface area contributed by atoms with E-state index in [1.54, 1.807) is 13.8 Å². The zero-order chi connectivity index (χ0) is 16.2. The van der Waals surface area contributed by atoms with Crippen molar-refractivity contribution < 1.29 is 17.6 Å². The van der Waals surface area contributed by atoms with Gasteiger partial charge in [-0.3, -0.25) is 4.79 Å². The van der Waals surface area contributed by atoms with Crippen LogP contribution in [0.2, 0.25) is 0 Å². The molecule has 1 rings (SSSR count). The lowest BCUT2D eigenvalue weighted by molar-refractivity contribution is -0.121. The Hall–Kier alpha value is -1.19. The third-order valence-corrected chi connectivity index (χ3v) is 5.18. The van der Waals surface area contributed by atoms with E-state index in [4.69, 9.17) is 5.73 Å². The van der Waals surface area contributed by atoms with Crippen molar-refractivity contribution in [1.29, 1.82) is 0 Å². The van der Waals surface area contributed by atoms with E-state index in [9.17, 15) is 17.6 Å². The number of rotatable bonds is 6. The molecule has 0 spiro atoms. The van der Waals surface area contributed by atoms with Crippen molar-refractivity contribution in [1.82, 2.24) is 9.62 Å². The number of carbonyl (C=O) groups is 1. The number of amides is 1. The normalized spacial score (nSPS) is 11.7. The van der Waals surface area contributed by atoms with Crippen LogP contribution in [0, 0.1) is 5.82 Å². The van der Waals surface area contributed by atoms with Crippen LogP contribution in [0.3, 0.4) is 0 Å². The average molecular weight is 382 g/mol. The molecule has 9 heteroatoms. The summed E-state index contributed by atoms with van der Waals surface area (Å²) in [5.41, 5.74) is 5.66. The third kappa shape index (κ3) is 4.14. The number of nitrogens with one attached hydrogen (secondary N) is 1. The minimum Gasteiger partial charge on any atom is -0.399 e. The Balaban J connectivity index is 3.22. The standard InChI is InChI=1S/C12H17BrFN3O3S/c1-3-16-11(18)7-17(4-2)21(19,20)10-6-8(15)5-9(13)12(10)14/h5-6H,3-4,7,15H2,1-2H3,(H,16,18). The van der Waals surface area contributed by atoms with E-state index in [-0.39, 0.29) is 23.2 Å². The van der Waals surface area contributed by atoms with Gasteiger partial charge in [0.05, 0.1) is 11.0 Å². The van der Waals surface area contributed by atoms with Crippen LogP contribution >= 0.6 is 15.9 Å². The van der Waals surface area contributed by atoms with Crippen LogP contribution < -0.4 is 11.1 Å². The maximum atomic E-state index is 14.1. The molecule has 0 aliphatic rings. The highest BCUT2D eigenvalue weighted by molar-refractivity contribution is 9.10. The fourth-order valence-corrected chi connectivity index (χ4v) is 3.83. The first-order chi connectivity index (χ1) is 9.73. The molecule has 1 amide bonds. The number of hydrogen-bond acceptors (Lipinski definition) is 4. The molecular formula is C12H17BrFN3O3S. The van der Waals surface area contributed by atoms with Crippen molar-refractivity contribution in [3.63, 3.8) is 0 Å². The van der Waals surface area contributed by atoms with Crippen LogP contribution in [-0.2, 0) is 14.8 Å². The lowest BCUT2D eigenvalue weighted by atomic mass is 10.3. The van der Waals surface area contributed by atoms with Gasteiger partial charge in [-0.15, -0.1) is 0 Å². The number of sulfonamides is 1.